The number of carbonyl (C=O) groups is 1. The zero-order valence-electron chi connectivity index (χ0n) is 14.7. The van der Waals surface area contributed by atoms with Crippen molar-refractivity contribution in [3.63, 3.8) is 0 Å². The van der Waals surface area contributed by atoms with Gasteiger partial charge in [0.15, 0.2) is 17.2 Å². The average molecular weight is 408 g/mol. The van der Waals surface area contributed by atoms with E-state index in [0.717, 1.165) is 0 Å². The summed E-state index contributed by atoms with van der Waals surface area (Å²) in [6.07, 6.45) is 1.55. The summed E-state index contributed by atoms with van der Waals surface area (Å²) in [6.45, 7) is 0. The average Bonchev–Trinajstić information content (AvgIpc) is 3.04. The van der Waals surface area contributed by atoms with Crippen LogP contribution in [0.5, 0.6) is 17.2 Å². The monoisotopic (exact) mass is 407 g/mol. The lowest BCUT2D eigenvalue weighted by Crippen LogP contribution is -2.05. The van der Waals surface area contributed by atoms with Crippen LogP contribution in [0.1, 0.15) is 11.1 Å². The number of nitrogens with zero attached hydrogens (tertiary/aromatic N) is 1. The molecule has 0 spiro atoms. The molecule has 0 saturated heterocycles. The van der Waals surface area contributed by atoms with Gasteiger partial charge >= 0.3 is 5.97 Å². The van der Waals surface area contributed by atoms with Crippen LogP contribution in [0.2, 0.25) is 10.0 Å². The molecule has 0 aromatic heterocycles. The molecule has 0 saturated carbocycles. The molecule has 1 aliphatic rings. The Labute approximate surface area is 165 Å². The molecule has 0 unspecified atom stereocenters. The fourth-order valence-corrected chi connectivity index (χ4v) is 2.77. The molecule has 8 heteroatoms. The highest BCUT2D eigenvalue weighted by Crippen LogP contribution is 2.36. The van der Waals surface area contributed by atoms with Gasteiger partial charge in [0.2, 0.25) is 5.90 Å². The van der Waals surface area contributed by atoms with Crippen LogP contribution >= 0.6 is 23.2 Å². The highest BCUT2D eigenvalue weighted by molar-refractivity contribution is 6.42. The minimum atomic E-state index is -0.590. The number of hydrogen-bond donors (Lipinski definition) is 0. The molecule has 6 nitrogen and oxygen atoms in total. The molecule has 0 atom stereocenters. The van der Waals surface area contributed by atoms with Crippen LogP contribution in [-0.2, 0) is 9.53 Å². The summed E-state index contributed by atoms with van der Waals surface area (Å²) in [4.78, 5) is 16.5. The van der Waals surface area contributed by atoms with Gasteiger partial charge in [0, 0.05) is 17.2 Å². The number of aliphatic imine (C=N–C) groups is 1. The summed E-state index contributed by atoms with van der Waals surface area (Å²) in [5.41, 5.74) is 1.24. The first-order valence-corrected chi connectivity index (χ1v) is 8.50. The van der Waals surface area contributed by atoms with E-state index < -0.39 is 5.97 Å². The lowest BCUT2D eigenvalue weighted by molar-refractivity contribution is -0.129. The lowest BCUT2D eigenvalue weighted by atomic mass is 10.1. The molecule has 0 aliphatic carbocycles. The maximum atomic E-state index is 12.2. The topological polar surface area (TPSA) is 66.3 Å². The summed E-state index contributed by atoms with van der Waals surface area (Å²) in [5, 5.41) is 0.739. The van der Waals surface area contributed by atoms with Crippen molar-refractivity contribution in [3.05, 3.63) is 57.2 Å². The molecule has 1 aliphatic heterocycles. The van der Waals surface area contributed by atoms with Crippen molar-refractivity contribution in [3.8, 4) is 17.2 Å². The van der Waals surface area contributed by atoms with E-state index in [0.29, 0.717) is 38.4 Å². The number of halogens is 2. The van der Waals surface area contributed by atoms with Gasteiger partial charge in [0.1, 0.15) is 5.75 Å². The Morgan fingerprint density at radius 2 is 1.59 bits per heavy atom. The van der Waals surface area contributed by atoms with E-state index in [9.17, 15) is 4.79 Å². The van der Waals surface area contributed by atoms with Crippen LogP contribution < -0.4 is 14.2 Å². The molecule has 140 valence electrons. The van der Waals surface area contributed by atoms with E-state index in [-0.39, 0.29) is 11.6 Å². The normalized spacial score (nSPS) is 14.8. The highest BCUT2D eigenvalue weighted by atomic mass is 35.5. The summed E-state index contributed by atoms with van der Waals surface area (Å²) in [6, 6.07) is 8.20. The molecule has 2 aromatic carbocycles. The Morgan fingerprint density at radius 3 is 2.22 bits per heavy atom. The van der Waals surface area contributed by atoms with Crippen LogP contribution in [0.15, 0.2) is 41.0 Å². The summed E-state index contributed by atoms with van der Waals surface area (Å²) in [7, 11) is 4.56. The quantitative estimate of drug-likeness (QED) is 0.543. The van der Waals surface area contributed by atoms with Gasteiger partial charge in [-0.1, -0.05) is 23.2 Å². The second-order valence-electron chi connectivity index (χ2n) is 5.41. The fraction of sp³-hybridized carbons (Fsp3) is 0.158. The third kappa shape index (κ3) is 3.86. The van der Waals surface area contributed by atoms with Crippen LogP contribution in [-0.4, -0.2) is 33.2 Å². The lowest BCUT2D eigenvalue weighted by Gasteiger charge is -2.12. The van der Waals surface area contributed by atoms with Crippen molar-refractivity contribution < 1.29 is 23.7 Å². The van der Waals surface area contributed by atoms with E-state index in [1.54, 1.807) is 36.4 Å². The molecular formula is C19H15Cl2NO5. The van der Waals surface area contributed by atoms with Crippen molar-refractivity contribution in [2.24, 2.45) is 4.99 Å². The molecule has 1 heterocycles. The van der Waals surface area contributed by atoms with Gasteiger partial charge in [0.05, 0.1) is 31.4 Å². The molecule has 27 heavy (non-hydrogen) atoms. The number of ether oxygens (including phenoxy) is 4. The number of hydrogen-bond acceptors (Lipinski definition) is 6. The van der Waals surface area contributed by atoms with Crippen molar-refractivity contribution in [2.75, 3.05) is 21.3 Å². The third-order valence-corrected chi connectivity index (χ3v) is 4.55. The first-order chi connectivity index (χ1) is 13.0. The molecule has 3 rings (SSSR count). The minimum absolute atomic E-state index is 0.113. The molecule has 0 amide bonds. The Balaban J connectivity index is 2.02. The van der Waals surface area contributed by atoms with E-state index in [2.05, 4.69) is 4.99 Å². The van der Waals surface area contributed by atoms with Crippen LogP contribution in [0.25, 0.3) is 6.08 Å². The smallest absolute Gasteiger partial charge is 0.363 e. The molecule has 2 aromatic rings. The van der Waals surface area contributed by atoms with Crippen LogP contribution in [0.3, 0.4) is 0 Å². The van der Waals surface area contributed by atoms with E-state index in [1.807, 2.05) is 0 Å². The Hall–Kier alpha value is -2.70. The van der Waals surface area contributed by atoms with Gasteiger partial charge in [-0.05, 0) is 30.3 Å². The summed E-state index contributed by atoms with van der Waals surface area (Å²) < 4.78 is 21.2. The molecule has 0 N–H and O–H groups in total. The predicted octanol–water partition coefficient (Wildman–Crippen LogP) is 4.36. The number of cyclic esters (lactones) is 1. The molecule has 0 radical (unpaired) electrons. The first kappa shape index (κ1) is 19.1. The Morgan fingerprint density at radius 1 is 0.926 bits per heavy atom. The van der Waals surface area contributed by atoms with Crippen molar-refractivity contribution in [2.45, 2.75) is 0 Å². The third-order valence-electron chi connectivity index (χ3n) is 3.82. The largest absolute Gasteiger partial charge is 0.496 e. The second-order valence-corrected chi connectivity index (χ2v) is 6.23. The van der Waals surface area contributed by atoms with Gasteiger partial charge in [-0.2, -0.15) is 0 Å². The zero-order chi connectivity index (χ0) is 19.6. The fourth-order valence-electron chi connectivity index (χ4n) is 2.47. The number of methoxy groups -OCH3 is 3. The first-order valence-electron chi connectivity index (χ1n) is 7.74. The van der Waals surface area contributed by atoms with Gasteiger partial charge < -0.3 is 18.9 Å². The molecular weight excluding hydrogens is 393 g/mol. The van der Waals surface area contributed by atoms with Crippen LogP contribution in [0.4, 0.5) is 0 Å². The van der Waals surface area contributed by atoms with E-state index in [4.69, 9.17) is 42.1 Å². The standard InChI is InChI=1S/C19H15Cl2NO5/c1-24-15-9-17(26-3)16(25-2)8-11(15)7-14-19(23)27-18(22-14)10-4-5-12(20)13(21)6-10/h4-9H,1-3H3. The number of esters is 1. The zero-order valence-corrected chi connectivity index (χ0v) is 16.2. The van der Waals surface area contributed by atoms with Gasteiger partial charge in [-0.25, -0.2) is 9.79 Å². The maximum absolute atomic E-state index is 12.2. The Kier molecular flexibility index (Phi) is 5.58. The second kappa shape index (κ2) is 7.90. The molecule has 0 bridgehead atoms. The predicted molar refractivity (Wildman–Crippen MR) is 103 cm³/mol. The number of benzene rings is 2. The van der Waals surface area contributed by atoms with Gasteiger partial charge in [0.25, 0.3) is 0 Å². The van der Waals surface area contributed by atoms with E-state index in [1.165, 1.54) is 21.3 Å². The number of carbonyl (C=O) groups excluding carboxylic acids is 1. The van der Waals surface area contributed by atoms with Gasteiger partial charge in [-0.15, -0.1) is 0 Å². The van der Waals surface area contributed by atoms with Crippen molar-refractivity contribution in [1.29, 1.82) is 0 Å². The van der Waals surface area contributed by atoms with Crippen LogP contribution in [0, 0.1) is 0 Å². The van der Waals surface area contributed by atoms with Gasteiger partial charge in [-0.3, -0.25) is 0 Å². The minimum Gasteiger partial charge on any atom is -0.496 e. The van der Waals surface area contributed by atoms with E-state index >= 15 is 0 Å². The highest BCUT2D eigenvalue weighted by Gasteiger charge is 2.25. The van der Waals surface area contributed by atoms with Crippen molar-refractivity contribution in [1.82, 2.24) is 0 Å². The number of rotatable bonds is 5. The molecule has 0 fully saturated rings. The Bertz CT molecular complexity index is 969. The maximum Gasteiger partial charge on any atom is 0.363 e. The van der Waals surface area contributed by atoms with Crippen molar-refractivity contribution >= 4 is 41.1 Å². The summed E-state index contributed by atoms with van der Waals surface area (Å²) in [5.74, 6) is 1.04. The summed E-state index contributed by atoms with van der Waals surface area (Å²) >= 11 is 11.9. The SMILES string of the molecule is COc1cc(OC)c(OC)cc1C=C1N=C(c2ccc(Cl)c(Cl)c2)OC1=O.